The summed E-state index contributed by atoms with van der Waals surface area (Å²) < 4.78 is 91.7. The third-order valence-corrected chi connectivity index (χ3v) is 10.5. The molecule has 4 rings (SSSR count). The quantitative estimate of drug-likeness (QED) is 0.274. The molecule has 2 unspecified atom stereocenters. The molecule has 2 aromatic rings. The van der Waals surface area contributed by atoms with Crippen molar-refractivity contribution in [3.63, 3.8) is 0 Å². The average molecular weight is 611 g/mol. The van der Waals surface area contributed by atoms with Gasteiger partial charge in [-0.3, -0.25) is 9.59 Å². The van der Waals surface area contributed by atoms with Crippen LogP contribution in [0.5, 0.6) is 0 Å². The van der Waals surface area contributed by atoms with Crippen molar-refractivity contribution >= 4 is 33.4 Å². The molecule has 14 heteroatoms. The van der Waals surface area contributed by atoms with Gasteiger partial charge in [0.15, 0.2) is 9.84 Å². The maximum atomic E-state index is 13.7. The van der Waals surface area contributed by atoms with Gasteiger partial charge < -0.3 is 14.8 Å². The van der Waals surface area contributed by atoms with E-state index in [1.165, 1.54) is 6.07 Å². The van der Waals surface area contributed by atoms with Crippen LogP contribution >= 0.6 is 0 Å². The number of hydrogen-bond donors (Lipinski definition) is 1. The molecule has 1 aliphatic heterocycles. The molecular formula is C28H26F4N2O7S. The summed E-state index contributed by atoms with van der Waals surface area (Å²) in [7, 11) is -4.49. The number of anilines is 1. The molecule has 2 aliphatic rings. The molecule has 1 heterocycles. The Hall–Kier alpha value is -3.99. The molecule has 1 N–H and O–H groups in total. The Balaban J connectivity index is 1.74. The number of carbonyl (C=O) groups is 3. The molecule has 0 radical (unpaired) electrons. The monoisotopic (exact) mass is 610 g/mol. The van der Waals surface area contributed by atoms with Crippen LogP contribution in [0, 0.1) is 28.0 Å². The number of halogens is 4. The predicted molar refractivity (Wildman–Crippen MR) is 138 cm³/mol. The Morgan fingerprint density at radius 2 is 1.71 bits per heavy atom. The topological polar surface area (TPSA) is 140 Å². The van der Waals surface area contributed by atoms with Crippen molar-refractivity contribution in [2.75, 3.05) is 11.1 Å². The van der Waals surface area contributed by atoms with Gasteiger partial charge in [0.1, 0.15) is 11.6 Å². The summed E-state index contributed by atoms with van der Waals surface area (Å²) >= 11 is 0. The number of benzene rings is 2. The number of alkyl halides is 3. The van der Waals surface area contributed by atoms with E-state index >= 15 is 0 Å². The number of hydrogen-bond acceptors (Lipinski definition) is 8. The van der Waals surface area contributed by atoms with E-state index in [4.69, 9.17) is 14.7 Å². The minimum absolute atomic E-state index is 0.0219. The maximum absolute atomic E-state index is 13.7. The molecule has 0 aromatic heterocycles. The van der Waals surface area contributed by atoms with Gasteiger partial charge in [0, 0.05) is 11.1 Å². The van der Waals surface area contributed by atoms with Gasteiger partial charge in [0.25, 0.3) is 5.91 Å². The van der Waals surface area contributed by atoms with Crippen LogP contribution in [0.25, 0.3) is 0 Å². The molecule has 1 amide bonds. The molecule has 224 valence electrons. The molecule has 1 saturated heterocycles. The molecule has 0 spiro atoms. The maximum Gasteiger partial charge on any atom is 0.417 e. The van der Waals surface area contributed by atoms with Crippen LogP contribution in [0.3, 0.4) is 0 Å². The van der Waals surface area contributed by atoms with Gasteiger partial charge in [-0.15, -0.1) is 0 Å². The van der Waals surface area contributed by atoms with Crippen molar-refractivity contribution < 1.29 is 49.8 Å². The Kier molecular flexibility index (Phi) is 7.22. The normalized spacial score (nSPS) is 24.3. The summed E-state index contributed by atoms with van der Waals surface area (Å²) in [5, 5.41) is 11.2. The van der Waals surface area contributed by atoms with Crippen molar-refractivity contribution in [1.29, 1.82) is 5.26 Å². The largest absolute Gasteiger partial charge is 0.446 e. The van der Waals surface area contributed by atoms with Gasteiger partial charge >= 0.3 is 18.1 Å². The highest BCUT2D eigenvalue weighted by atomic mass is 32.2. The summed E-state index contributed by atoms with van der Waals surface area (Å²) in [6.45, 7) is 5.78. The molecule has 42 heavy (non-hydrogen) atoms. The van der Waals surface area contributed by atoms with Crippen LogP contribution in [-0.4, -0.2) is 43.2 Å². The van der Waals surface area contributed by atoms with Crippen LogP contribution in [-0.2, 0) is 39.9 Å². The molecule has 2 bridgehead atoms. The van der Waals surface area contributed by atoms with Crippen LogP contribution in [0.1, 0.15) is 51.7 Å². The number of amides is 1. The van der Waals surface area contributed by atoms with Gasteiger partial charge in [-0.05, 0) is 69.2 Å². The number of fused-ring (bicyclic) bond motifs is 2. The number of ether oxygens (including phenoxy) is 2. The lowest BCUT2D eigenvalue weighted by Gasteiger charge is -2.37. The Morgan fingerprint density at radius 1 is 1.10 bits per heavy atom. The lowest BCUT2D eigenvalue weighted by molar-refractivity contribution is -0.193. The Morgan fingerprint density at radius 3 is 2.21 bits per heavy atom. The highest BCUT2D eigenvalue weighted by molar-refractivity contribution is 7.91. The van der Waals surface area contributed by atoms with Crippen molar-refractivity contribution in [3.8, 4) is 6.07 Å². The Bertz CT molecular complexity index is 1630. The number of esters is 2. The second kappa shape index (κ2) is 9.79. The lowest BCUT2D eigenvalue weighted by atomic mass is 9.66. The smallest absolute Gasteiger partial charge is 0.417 e. The molecule has 2 fully saturated rings. The standard InChI is InChI=1S/C28H26F4N2O7S/c1-24(2)25(3)11-12-27(24,41-22(25)36)23(37)40-26(4,15-42(38,39)19-9-6-17(29)7-10-19)21(35)34-18-8-5-16(14-33)20(13-18)28(30,31)32/h5-10,13H,11-12,15H2,1-4H3,(H,34,35)/t25?,26-,27?/m1/s1. The zero-order chi connectivity index (χ0) is 31.5. The molecule has 3 atom stereocenters. The fourth-order valence-corrected chi connectivity index (χ4v) is 7.07. The summed E-state index contributed by atoms with van der Waals surface area (Å²) in [6.07, 6.45) is -4.69. The summed E-state index contributed by atoms with van der Waals surface area (Å²) in [6, 6.07) is 7.29. The summed E-state index contributed by atoms with van der Waals surface area (Å²) in [5.41, 5.74) is -9.19. The highest BCUT2D eigenvalue weighted by Crippen LogP contribution is 2.66. The van der Waals surface area contributed by atoms with Crippen molar-refractivity contribution in [2.45, 2.75) is 62.8 Å². The fourth-order valence-electron chi connectivity index (χ4n) is 5.44. The van der Waals surface area contributed by atoms with E-state index in [1.54, 1.807) is 20.8 Å². The van der Waals surface area contributed by atoms with Gasteiger partial charge in [-0.25, -0.2) is 17.6 Å². The number of sulfone groups is 1. The summed E-state index contributed by atoms with van der Waals surface area (Å²) in [4.78, 5) is 39.6. The van der Waals surface area contributed by atoms with Crippen LogP contribution < -0.4 is 5.32 Å². The van der Waals surface area contributed by atoms with E-state index in [2.05, 4.69) is 5.32 Å². The third-order valence-electron chi connectivity index (χ3n) is 8.55. The first-order valence-corrected chi connectivity index (χ1v) is 14.3. The van der Waals surface area contributed by atoms with E-state index in [0.29, 0.717) is 6.07 Å². The van der Waals surface area contributed by atoms with Crippen molar-refractivity contribution in [3.05, 3.63) is 59.4 Å². The zero-order valence-electron chi connectivity index (χ0n) is 22.9. The van der Waals surface area contributed by atoms with Crippen LogP contribution in [0.2, 0.25) is 0 Å². The molecule has 1 saturated carbocycles. The van der Waals surface area contributed by atoms with Gasteiger partial charge in [0.05, 0.1) is 27.5 Å². The number of nitrogens with one attached hydrogen (secondary N) is 1. The first-order valence-electron chi connectivity index (χ1n) is 12.6. The molecule has 2 aromatic carbocycles. The second-order valence-corrected chi connectivity index (χ2v) is 13.3. The molecule has 9 nitrogen and oxygen atoms in total. The first kappa shape index (κ1) is 31.0. The minimum Gasteiger partial charge on any atom is -0.446 e. The van der Waals surface area contributed by atoms with E-state index in [0.717, 1.165) is 43.3 Å². The van der Waals surface area contributed by atoms with E-state index in [-0.39, 0.29) is 12.8 Å². The predicted octanol–water partition coefficient (Wildman–Crippen LogP) is 4.55. The lowest BCUT2D eigenvalue weighted by Crippen LogP contribution is -2.56. The number of nitrogens with zero attached hydrogens (tertiary/aromatic N) is 1. The number of rotatable bonds is 7. The van der Waals surface area contributed by atoms with E-state index < -0.39 is 89.2 Å². The van der Waals surface area contributed by atoms with Crippen molar-refractivity contribution in [2.24, 2.45) is 10.8 Å². The van der Waals surface area contributed by atoms with E-state index in [9.17, 15) is 40.4 Å². The first-order chi connectivity index (χ1) is 19.2. The number of carbonyl (C=O) groups excluding carboxylic acids is 3. The zero-order valence-corrected chi connectivity index (χ0v) is 23.7. The van der Waals surface area contributed by atoms with Crippen LogP contribution in [0.4, 0.5) is 23.2 Å². The van der Waals surface area contributed by atoms with Gasteiger partial charge in [0.2, 0.25) is 11.2 Å². The van der Waals surface area contributed by atoms with Gasteiger partial charge in [-0.1, -0.05) is 13.8 Å². The summed E-state index contributed by atoms with van der Waals surface area (Å²) in [5.74, 6) is -5.13. The third kappa shape index (κ3) is 4.79. The van der Waals surface area contributed by atoms with Crippen LogP contribution in [0.15, 0.2) is 47.4 Å². The molecule has 1 aliphatic carbocycles. The SMILES string of the molecule is CC12CCC(C(=O)O[C@](C)(CS(=O)(=O)c3ccc(F)cc3)C(=O)Nc3ccc(C#N)c(C(F)(F)F)c3)(OC1=O)C2(C)C. The van der Waals surface area contributed by atoms with E-state index in [1.807, 2.05) is 0 Å². The highest BCUT2D eigenvalue weighted by Gasteiger charge is 2.77. The minimum atomic E-state index is -4.96. The second-order valence-electron chi connectivity index (χ2n) is 11.3. The Labute approximate surface area is 238 Å². The average Bonchev–Trinajstić information content (AvgIpc) is 3.18. The fraction of sp³-hybridized carbons (Fsp3) is 0.429. The molecular weight excluding hydrogens is 584 g/mol. The number of nitriles is 1. The van der Waals surface area contributed by atoms with Gasteiger partial charge in [-0.2, -0.15) is 18.4 Å². The van der Waals surface area contributed by atoms with Crippen molar-refractivity contribution in [1.82, 2.24) is 0 Å².